The van der Waals surface area contributed by atoms with E-state index < -0.39 is 5.97 Å². The lowest BCUT2D eigenvalue weighted by Gasteiger charge is -2.13. The van der Waals surface area contributed by atoms with Crippen molar-refractivity contribution in [3.63, 3.8) is 0 Å². The zero-order valence-electron chi connectivity index (χ0n) is 15.4. The number of hydrogen-bond donors (Lipinski definition) is 1. The maximum Gasteiger partial charge on any atom is 0.303 e. The van der Waals surface area contributed by atoms with Crippen LogP contribution in [0.2, 0.25) is 0 Å². The largest absolute Gasteiger partial charge is 0.481 e. The van der Waals surface area contributed by atoms with E-state index >= 15 is 0 Å². The molecule has 0 spiro atoms. The summed E-state index contributed by atoms with van der Waals surface area (Å²) in [7, 11) is 0. The molecule has 142 valence electrons. The van der Waals surface area contributed by atoms with E-state index in [-0.39, 0.29) is 6.42 Å². The number of carboxylic acids is 1. The van der Waals surface area contributed by atoms with Crippen LogP contribution in [0.15, 0.2) is 71.4 Å². The van der Waals surface area contributed by atoms with Crippen LogP contribution in [-0.2, 0) is 11.2 Å². The van der Waals surface area contributed by atoms with Crippen molar-refractivity contribution in [3.8, 4) is 26.8 Å². The topological polar surface area (TPSA) is 42.2 Å². The Balaban J connectivity index is 1.63. The molecule has 3 heterocycles. The summed E-state index contributed by atoms with van der Waals surface area (Å²) in [6.45, 7) is 0. The normalized spacial score (nSPS) is 11.0. The fourth-order valence-corrected chi connectivity index (χ4v) is 4.85. The first-order valence-electron chi connectivity index (χ1n) is 9.33. The summed E-state index contributed by atoms with van der Waals surface area (Å²) in [5, 5.41) is 13.0. The summed E-state index contributed by atoms with van der Waals surface area (Å²) >= 11 is 3.50. The molecule has 0 saturated heterocycles. The number of aryl methyl sites for hydroxylation is 1. The standard InChI is InChI=1S/C23H21NO2S2/c25-23(26)8-2-1-5-17-9-11-18(12-10-17)24-19(21-6-3-15-27-21)13-14-20(24)22-7-4-16-28-22/h3-4,6-7,9-16H,1-2,5,8H2,(H,25,26). The zero-order valence-corrected chi connectivity index (χ0v) is 17.0. The van der Waals surface area contributed by atoms with Crippen LogP contribution in [0.4, 0.5) is 0 Å². The predicted molar refractivity (Wildman–Crippen MR) is 118 cm³/mol. The maximum atomic E-state index is 10.6. The number of benzene rings is 1. The number of aromatic nitrogens is 1. The van der Waals surface area contributed by atoms with E-state index in [0.29, 0.717) is 0 Å². The lowest BCUT2D eigenvalue weighted by Crippen LogP contribution is -1.99. The van der Waals surface area contributed by atoms with E-state index in [1.54, 1.807) is 22.7 Å². The van der Waals surface area contributed by atoms with Gasteiger partial charge < -0.3 is 9.67 Å². The Hall–Kier alpha value is -2.63. The maximum absolute atomic E-state index is 10.6. The fourth-order valence-electron chi connectivity index (χ4n) is 3.37. The van der Waals surface area contributed by atoms with E-state index in [1.807, 2.05) is 0 Å². The molecule has 0 saturated carbocycles. The highest BCUT2D eigenvalue weighted by Crippen LogP contribution is 2.36. The first kappa shape index (κ1) is 18.7. The quantitative estimate of drug-likeness (QED) is 0.329. The Morgan fingerprint density at radius 3 is 1.93 bits per heavy atom. The number of thiophene rings is 2. The Bertz CT molecular complexity index is 977. The zero-order chi connectivity index (χ0) is 19.3. The van der Waals surface area contributed by atoms with Gasteiger partial charge in [0.15, 0.2) is 0 Å². The van der Waals surface area contributed by atoms with E-state index in [9.17, 15) is 4.79 Å². The van der Waals surface area contributed by atoms with Crippen LogP contribution in [0.25, 0.3) is 26.8 Å². The average Bonchev–Trinajstić information content (AvgIpc) is 3.46. The molecule has 0 atom stereocenters. The molecular formula is C23H21NO2S2. The van der Waals surface area contributed by atoms with Gasteiger partial charge in [-0.1, -0.05) is 24.3 Å². The number of nitrogens with zero attached hydrogens (tertiary/aromatic N) is 1. The van der Waals surface area contributed by atoms with Crippen LogP contribution in [0.1, 0.15) is 24.8 Å². The van der Waals surface area contributed by atoms with Crippen molar-refractivity contribution < 1.29 is 9.90 Å². The molecule has 3 aromatic heterocycles. The number of unbranched alkanes of at least 4 members (excludes halogenated alkanes) is 1. The van der Waals surface area contributed by atoms with E-state index in [1.165, 1.54) is 26.7 Å². The number of aliphatic carboxylic acids is 1. The van der Waals surface area contributed by atoms with Crippen molar-refractivity contribution in [1.29, 1.82) is 0 Å². The molecule has 0 aliphatic rings. The van der Waals surface area contributed by atoms with E-state index in [0.717, 1.165) is 24.9 Å². The molecule has 28 heavy (non-hydrogen) atoms. The van der Waals surface area contributed by atoms with Gasteiger partial charge in [-0.2, -0.15) is 0 Å². The van der Waals surface area contributed by atoms with E-state index in [2.05, 4.69) is 76.0 Å². The second-order valence-electron chi connectivity index (χ2n) is 6.66. The molecule has 5 heteroatoms. The summed E-state index contributed by atoms with van der Waals surface area (Å²) in [6, 6.07) is 21.5. The van der Waals surface area contributed by atoms with Gasteiger partial charge in [-0.05, 0) is 72.0 Å². The van der Waals surface area contributed by atoms with Crippen molar-refractivity contribution in [2.75, 3.05) is 0 Å². The van der Waals surface area contributed by atoms with Crippen LogP contribution in [0, 0.1) is 0 Å². The van der Waals surface area contributed by atoms with Gasteiger partial charge in [-0.15, -0.1) is 22.7 Å². The highest BCUT2D eigenvalue weighted by Gasteiger charge is 2.14. The molecule has 0 amide bonds. The second-order valence-corrected chi connectivity index (χ2v) is 8.56. The fraction of sp³-hybridized carbons (Fsp3) is 0.174. The average molecular weight is 408 g/mol. The first-order valence-corrected chi connectivity index (χ1v) is 11.1. The number of rotatable bonds is 8. The number of carboxylic acid groups (broad SMARTS) is 1. The summed E-state index contributed by atoms with van der Waals surface area (Å²) in [4.78, 5) is 13.1. The summed E-state index contributed by atoms with van der Waals surface area (Å²) < 4.78 is 2.33. The summed E-state index contributed by atoms with van der Waals surface area (Å²) in [5.74, 6) is -0.717. The molecule has 0 fully saturated rings. The third-order valence-electron chi connectivity index (χ3n) is 4.73. The lowest BCUT2D eigenvalue weighted by molar-refractivity contribution is -0.137. The third kappa shape index (κ3) is 4.11. The molecule has 1 N–H and O–H groups in total. The monoisotopic (exact) mass is 407 g/mol. The number of carbonyl (C=O) groups is 1. The molecule has 4 rings (SSSR count). The van der Waals surface area contributed by atoms with Crippen molar-refractivity contribution >= 4 is 28.6 Å². The van der Waals surface area contributed by atoms with E-state index in [4.69, 9.17) is 5.11 Å². The van der Waals surface area contributed by atoms with Gasteiger partial charge in [0.05, 0.1) is 21.1 Å². The van der Waals surface area contributed by atoms with Gasteiger partial charge in [-0.25, -0.2) is 0 Å². The minimum atomic E-state index is -0.717. The minimum absolute atomic E-state index is 0.246. The molecule has 0 bridgehead atoms. The van der Waals surface area contributed by atoms with Crippen molar-refractivity contribution in [2.24, 2.45) is 0 Å². The van der Waals surface area contributed by atoms with Crippen LogP contribution in [-0.4, -0.2) is 15.6 Å². The van der Waals surface area contributed by atoms with Gasteiger partial charge in [0.2, 0.25) is 0 Å². The highest BCUT2D eigenvalue weighted by atomic mass is 32.1. The van der Waals surface area contributed by atoms with Crippen LogP contribution in [0.5, 0.6) is 0 Å². The summed E-state index contributed by atoms with van der Waals surface area (Å²) in [5.41, 5.74) is 4.79. The second kappa shape index (κ2) is 8.59. The van der Waals surface area contributed by atoms with Crippen molar-refractivity contribution in [3.05, 3.63) is 77.0 Å². The molecule has 0 radical (unpaired) electrons. The highest BCUT2D eigenvalue weighted by molar-refractivity contribution is 7.14. The smallest absolute Gasteiger partial charge is 0.303 e. The molecule has 4 aromatic rings. The lowest BCUT2D eigenvalue weighted by atomic mass is 10.1. The molecule has 0 unspecified atom stereocenters. The van der Waals surface area contributed by atoms with Crippen molar-refractivity contribution in [1.82, 2.24) is 4.57 Å². The minimum Gasteiger partial charge on any atom is -0.481 e. The Kier molecular flexibility index (Phi) is 5.74. The Labute approximate surface area is 172 Å². The first-order chi connectivity index (χ1) is 13.7. The third-order valence-corrected chi connectivity index (χ3v) is 6.51. The van der Waals surface area contributed by atoms with Gasteiger partial charge in [-0.3, -0.25) is 4.79 Å². The Morgan fingerprint density at radius 2 is 1.43 bits per heavy atom. The Morgan fingerprint density at radius 1 is 0.821 bits per heavy atom. The number of hydrogen-bond acceptors (Lipinski definition) is 3. The SMILES string of the molecule is O=C(O)CCCCc1ccc(-n2c(-c3cccs3)ccc2-c2cccs2)cc1. The van der Waals surface area contributed by atoms with Gasteiger partial charge in [0.1, 0.15) is 0 Å². The molecule has 0 aliphatic carbocycles. The molecular weight excluding hydrogens is 386 g/mol. The van der Waals surface area contributed by atoms with Crippen LogP contribution in [0.3, 0.4) is 0 Å². The van der Waals surface area contributed by atoms with Crippen LogP contribution >= 0.6 is 22.7 Å². The predicted octanol–water partition coefficient (Wildman–Crippen LogP) is 6.73. The van der Waals surface area contributed by atoms with Crippen molar-refractivity contribution in [2.45, 2.75) is 25.7 Å². The molecule has 3 nitrogen and oxygen atoms in total. The van der Waals surface area contributed by atoms with Gasteiger partial charge in [0, 0.05) is 12.1 Å². The molecule has 1 aromatic carbocycles. The van der Waals surface area contributed by atoms with Gasteiger partial charge in [0.25, 0.3) is 0 Å². The van der Waals surface area contributed by atoms with Crippen LogP contribution < -0.4 is 0 Å². The van der Waals surface area contributed by atoms with Gasteiger partial charge >= 0.3 is 5.97 Å². The molecule has 0 aliphatic heterocycles. The summed E-state index contributed by atoms with van der Waals surface area (Å²) in [6.07, 6.45) is 2.78.